The average molecular weight is 345 g/mol. The van der Waals surface area contributed by atoms with Crippen molar-refractivity contribution in [3.8, 4) is 0 Å². The number of aromatic nitrogens is 1. The van der Waals surface area contributed by atoms with E-state index in [1.54, 1.807) is 0 Å². The van der Waals surface area contributed by atoms with Crippen molar-refractivity contribution in [1.82, 2.24) is 9.88 Å². The standard InChI is InChI=1S/C14H19BrClN3/c15-13-7-12(8-16)14(17-9-13)19-5-3-18(4-6-19)10-11-1-2-11/h7,9,11H,1-6,8,10H2. The average Bonchev–Trinajstić information content (AvgIpc) is 3.24. The second-order valence-corrected chi connectivity index (χ2v) is 6.68. The lowest BCUT2D eigenvalue weighted by molar-refractivity contribution is 0.247. The van der Waals surface area contributed by atoms with Gasteiger partial charge in [0.05, 0.1) is 5.88 Å². The van der Waals surface area contributed by atoms with E-state index in [-0.39, 0.29) is 0 Å². The molecule has 1 aliphatic heterocycles. The van der Waals surface area contributed by atoms with Gasteiger partial charge in [-0.2, -0.15) is 0 Å². The number of hydrogen-bond acceptors (Lipinski definition) is 3. The van der Waals surface area contributed by atoms with Crippen molar-refractivity contribution in [3.05, 3.63) is 22.3 Å². The lowest BCUT2D eigenvalue weighted by Gasteiger charge is -2.36. The third-order valence-electron chi connectivity index (χ3n) is 3.94. The Morgan fingerprint density at radius 3 is 2.63 bits per heavy atom. The molecule has 2 fully saturated rings. The third-order valence-corrected chi connectivity index (χ3v) is 4.66. The molecule has 1 saturated heterocycles. The van der Waals surface area contributed by atoms with Crippen LogP contribution in [-0.4, -0.2) is 42.6 Å². The van der Waals surface area contributed by atoms with Gasteiger partial charge in [-0.3, -0.25) is 4.90 Å². The molecule has 3 nitrogen and oxygen atoms in total. The van der Waals surface area contributed by atoms with E-state index >= 15 is 0 Å². The highest BCUT2D eigenvalue weighted by Gasteiger charge is 2.27. The Labute approximate surface area is 128 Å². The summed E-state index contributed by atoms with van der Waals surface area (Å²) in [7, 11) is 0. The van der Waals surface area contributed by atoms with Gasteiger partial charge in [0.2, 0.25) is 0 Å². The summed E-state index contributed by atoms with van der Waals surface area (Å²) in [5, 5.41) is 0. The maximum Gasteiger partial charge on any atom is 0.133 e. The fourth-order valence-corrected chi connectivity index (χ4v) is 3.24. The molecule has 0 radical (unpaired) electrons. The Bertz CT molecular complexity index is 442. The molecule has 1 saturated carbocycles. The highest BCUT2D eigenvalue weighted by Crippen LogP contribution is 2.30. The summed E-state index contributed by atoms with van der Waals surface area (Å²) in [6.07, 6.45) is 4.73. The van der Waals surface area contributed by atoms with Crippen LogP contribution in [-0.2, 0) is 5.88 Å². The Kier molecular flexibility index (Phi) is 4.30. The van der Waals surface area contributed by atoms with Crippen LogP contribution < -0.4 is 4.90 Å². The summed E-state index contributed by atoms with van der Waals surface area (Å²) in [6, 6.07) is 2.08. The zero-order valence-electron chi connectivity index (χ0n) is 11.0. The molecule has 1 aliphatic carbocycles. The third kappa shape index (κ3) is 3.41. The normalized spacial score (nSPS) is 20.8. The minimum atomic E-state index is 0.518. The number of anilines is 1. The Hall–Kier alpha value is -0.320. The van der Waals surface area contributed by atoms with Gasteiger partial charge >= 0.3 is 0 Å². The lowest BCUT2D eigenvalue weighted by Crippen LogP contribution is -2.47. The van der Waals surface area contributed by atoms with Crippen LogP contribution in [0.25, 0.3) is 0 Å². The zero-order valence-corrected chi connectivity index (χ0v) is 13.3. The number of piperazine rings is 1. The van der Waals surface area contributed by atoms with Gasteiger partial charge in [0, 0.05) is 49.0 Å². The van der Waals surface area contributed by atoms with Crippen molar-refractivity contribution in [1.29, 1.82) is 0 Å². The smallest absolute Gasteiger partial charge is 0.133 e. The minimum Gasteiger partial charge on any atom is -0.354 e. The molecule has 1 aromatic heterocycles. The van der Waals surface area contributed by atoms with Gasteiger partial charge < -0.3 is 4.90 Å². The van der Waals surface area contributed by atoms with Gasteiger partial charge in [0.15, 0.2) is 0 Å². The quantitative estimate of drug-likeness (QED) is 0.782. The maximum atomic E-state index is 6.03. The predicted molar refractivity (Wildman–Crippen MR) is 82.9 cm³/mol. The Morgan fingerprint density at radius 2 is 2.00 bits per heavy atom. The first-order chi connectivity index (χ1) is 9.26. The van der Waals surface area contributed by atoms with Crippen LogP contribution >= 0.6 is 27.5 Å². The highest BCUT2D eigenvalue weighted by molar-refractivity contribution is 9.10. The van der Waals surface area contributed by atoms with E-state index < -0.39 is 0 Å². The largest absolute Gasteiger partial charge is 0.354 e. The molecule has 3 rings (SSSR count). The Morgan fingerprint density at radius 1 is 1.26 bits per heavy atom. The zero-order chi connectivity index (χ0) is 13.2. The van der Waals surface area contributed by atoms with E-state index in [2.05, 4.69) is 36.8 Å². The molecule has 2 heterocycles. The molecule has 2 aliphatic rings. The highest BCUT2D eigenvalue weighted by atomic mass is 79.9. The van der Waals surface area contributed by atoms with Crippen molar-refractivity contribution >= 4 is 33.3 Å². The molecule has 0 aromatic carbocycles. The molecule has 19 heavy (non-hydrogen) atoms. The van der Waals surface area contributed by atoms with Gasteiger partial charge in [0.1, 0.15) is 5.82 Å². The van der Waals surface area contributed by atoms with Crippen molar-refractivity contribution in [2.24, 2.45) is 5.92 Å². The molecule has 0 N–H and O–H groups in total. The molecule has 0 amide bonds. The summed E-state index contributed by atoms with van der Waals surface area (Å²) in [5.74, 6) is 2.56. The Balaban J connectivity index is 1.63. The fourth-order valence-electron chi connectivity index (χ4n) is 2.66. The van der Waals surface area contributed by atoms with Crippen LogP contribution in [0.3, 0.4) is 0 Å². The maximum absolute atomic E-state index is 6.03. The van der Waals surface area contributed by atoms with Crippen LogP contribution in [0.1, 0.15) is 18.4 Å². The van der Waals surface area contributed by atoms with E-state index in [1.165, 1.54) is 19.4 Å². The number of halogens is 2. The van der Waals surface area contributed by atoms with Crippen LogP contribution in [0.15, 0.2) is 16.7 Å². The van der Waals surface area contributed by atoms with Gasteiger partial charge in [-0.25, -0.2) is 4.98 Å². The SMILES string of the molecule is ClCc1cc(Br)cnc1N1CCN(CC2CC2)CC1. The molecule has 5 heteroatoms. The van der Waals surface area contributed by atoms with Gasteiger partial charge in [-0.15, -0.1) is 11.6 Å². The molecular weight excluding hydrogens is 326 g/mol. The lowest BCUT2D eigenvalue weighted by atomic mass is 10.2. The minimum absolute atomic E-state index is 0.518. The second-order valence-electron chi connectivity index (χ2n) is 5.50. The van der Waals surface area contributed by atoms with Crippen LogP contribution in [0.4, 0.5) is 5.82 Å². The molecule has 104 valence electrons. The van der Waals surface area contributed by atoms with Gasteiger partial charge in [0.25, 0.3) is 0 Å². The molecular formula is C14H19BrClN3. The van der Waals surface area contributed by atoms with Crippen LogP contribution in [0.2, 0.25) is 0 Å². The summed E-state index contributed by atoms with van der Waals surface area (Å²) >= 11 is 9.49. The summed E-state index contributed by atoms with van der Waals surface area (Å²) in [4.78, 5) is 9.51. The number of hydrogen-bond donors (Lipinski definition) is 0. The number of nitrogens with zero attached hydrogens (tertiary/aromatic N) is 3. The number of rotatable bonds is 4. The van der Waals surface area contributed by atoms with Gasteiger partial charge in [-0.1, -0.05) is 0 Å². The number of alkyl halides is 1. The molecule has 0 unspecified atom stereocenters. The van der Waals surface area contributed by atoms with Crippen molar-refractivity contribution in [3.63, 3.8) is 0 Å². The first-order valence-electron chi connectivity index (χ1n) is 6.94. The monoisotopic (exact) mass is 343 g/mol. The van der Waals surface area contributed by atoms with E-state index in [9.17, 15) is 0 Å². The van der Waals surface area contributed by atoms with E-state index in [4.69, 9.17) is 11.6 Å². The molecule has 0 atom stereocenters. The fraction of sp³-hybridized carbons (Fsp3) is 0.643. The van der Waals surface area contributed by atoms with E-state index in [0.717, 1.165) is 48.0 Å². The van der Waals surface area contributed by atoms with Crippen molar-refractivity contribution in [2.45, 2.75) is 18.7 Å². The summed E-state index contributed by atoms with van der Waals surface area (Å²) in [6.45, 7) is 5.71. The summed E-state index contributed by atoms with van der Waals surface area (Å²) in [5.41, 5.74) is 1.12. The van der Waals surface area contributed by atoms with Gasteiger partial charge in [-0.05, 0) is 40.8 Å². The van der Waals surface area contributed by atoms with Crippen LogP contribution in [0.5, 0.6) is 0 Å². The number of pyridine rings is 1. The first-order valence-corrected chi connectivity index (χ1v) is 8.26. The predicted octanol–water partition coefficient (Wildman–Crippen LogP) is 3.11. The first kappa shape index (κ1) is 13.7. The molecule has 1 aromatic rings. The van der Waals surface area contributed by atoms with Crippen LogP contribution in [0, 0.1) is 5.92 Å². The molecule has 0 bridgehead atoms. The van der Waals surface area contributed by atoms with E-state index in [0.29, 0.717) is 5.88 Å². The summed E-state index contributed by atoms with van der Waals surface area (Å²) < 4.78 is 0.999. The second kappa shape index (κ2) is 5.98. The van der Waals surface area contributed by atoms with Crippen molar-refractivity contribution in [2.75, 3.05) is 37.6 Å². The molecule has 0 spiro atoms. The topological polar surface area (TPSA) is 19.4 Å². The van der Waals surface area contributed by atoms with Crippen molar-refractivity contribution < 1.29 is 0 Å². The van der Waals surface area contributed by atoms with E-state index in [1.807, 2.05) is 6.20 Å².